The van der Waals surface area contributed by atoms with E-state index in [1.54, 1.807) is 18.2 Å². The Labute approximate surface area is 276 Å². The highest BCUT2D eigenvalue weighted by atomic mass is 16.5. The van der Waals surface area contributed by atoms with E-state index < -0.39 is 0 Å². The molecule has 5 aromatic rings. The summed E-state index contributed by atoms with van der Waals surface area (Å²) in [5.41, 5.74) is 6.36. The number of para-hydroxylation sites is 1. The Morgan fingerprint density at radius 1 is 1.02 bits per heavy atom. The summed E-state index contributed by atoms with van der Waals surface area (Å²) in [6.45, 7) is 11.5. The van der Waals surface area contributed by atoms with Gasteiger partial charge < -0.3 is 19.4 Å². The lowest BCUT2D eigenvalue weighted by Crippen LogP contribution is -2.39. The SMILES string of the molecule is CC(C)COc1ccccc1-c1ccc(N2CCC(CNC(=O)c3ccc(-c4nc5cc(C#N)cc(C(C)C)c5o4)cc3)CC2)nc1. The van der Waals surface area contributed by atoms with Crippen LogP contribution in [-0.4, -0.2) is 42.1 Å². The first-order valence-electron chi connectivity index (χ1n) is 16.5. The van der Waals surface area contributed by atoms with Crippen LogP contribution in [0.2, 0.25) is 0 Å². The molecule has 8 nitrogen and oxygen atoms in total. The molecule has 0 aliphatic carbocycles. The van der Waals surface area contributed by atoms with E-state index in [1.165, 1.54) is 0 Å². The average molecular weight is 628 g/mol. The van der Waals surface area contributed by atoms with Crippen molar-refractivity contribution in [2.45, 2.75) is 46.5 Å². The molecule has 8 heteroatoms. The smallest absolute Gasteiger partial charge is 0.251 e. The molecule has 3 heterocycles. The molecular weight excluding hydrogens is 586 g/mol. The van der Waals surface area contributed by atoms with E-state index in [9.17, 15) is 10.1 Å². The highest BCUT2D eigenvalue weighted by Crippen LogP contribution is 2.33. The van der Waals surface area contributed by atoms with Crippen molar-refractivity contribution in [3.05, 3.63) is 95.7 Å². The number of amides is 1. The molecule has 1 N–H and O–H groups in total. The minimum Gasteiger partial charge on any atom is -0.493 e. The summed E-state index contributed by atoms with van der Waals surface area (Å²) in [5, 5.41) is 12.5. The number of oxazole rings is 1. The van der Waals surface area contributed by atoms with Crippen LogP contribution >= 0.6 is 0 Å². The molecule has 2 aromatic heterocycles. The van der Waals surface area contributed by atoms with Crippen molar-refractivity contribution in [2.24, 2.45) is 11.8 Å². The van der Waals surface area contributed by atoms with E-state index in [-0.39, 0.29) is 11.8 Å². The molecule has 0 spiro atoms. The minimum atomic E-state index is -0.0905. The van der Waals surface area contributed by atoms with Crippen LogP contribution in [0.4, 0.5) is 5.82 Å². The monoisotopic (exact) mass is 627 g/mol. The van der Waals surface area contributed by atoms with E-state index in [2.05, 4.69) is 67.2 Å². The van der Waals surface area contributed by atoms with Gasteiger partial charge in [0.1, 0.15) is 17.1 Å². The number of benzene rings is 3. The van der Waals surface area contributed by atoms with Crippen molar-refractivity contribution in [3.63, 3.8) is 0 Å². The van der Waals surface area contributed by atoms with Crippen LogP contribution in [-0.2, 0) is 0 Å². The van der Waals surface area contributed by atoms with Crippen LogP contribution in [0.25, 0.3) is 33.7 Å². The number of aromatic nitrogens is 2. The van der Waals surface area contributed by atoms with Gasteiger partial charge in [0.05, 0.1) is 18.2 Å². The molecule has 0 bridgehead atoms. The Hall–Kier alpha value is -5.16. The van der Waals surface area contributed by atoms with Crippen molar-refractivity contribution in [3.8, 4) is 34.4 Å². The first-order valence-corrected chi connectivity index (χ1v) is 16.5. The van der Waals surface area contributed by atoms with Gasteiger partial charge in [0.25, 0.3) is 5.91 Å². The molecular formula is C39H41N5O3. The van der Waals surface area contributed by atoms with Crippen LogP contribution in [0.15, 0.2) is 83.4 Å². The van der Waals surface area contributed by atoms with Gasteiger partial charge in [0.15, 0.2) is 5.58 Å². The third kappa shape index (κ3) is 7.30. The molecule has 6 rings (SSSR count). The van der Waals surface area contributed by atoms with Gasteiger partial charge in [-0.15, -0.1) is 0 Å². The first-order chi connectivity index (χ1) is 22.8. The third-order valence-electron chi connectivity index (χ3n) is 8.67. The molecule has 0 saturated carbocycles. The maximum atomic E-state index is 13.0. The first kappa shape index (κ1) is 31.8. The van der Waals surface area contributed by atoms with Gasteiger partial charge in [-0.25, -0.2) is 9.97 Å². The Bertz CT molecular complexity index is 1880. The van der Waals surface area contributed by atoms with E-state index in [1.807, 2.05) is 42.6 Å². The molecule has 1 amide bonds. The number of pyridine rings is 1. The summed E-state index contributed by atoms with van der Waals surface area (Å²) in [4.78, 5) is 24.7. The van der Waals surface area contributed by atoms with E-state index in [4.69, 9.17) is 14.1 Å². The lowest BCUT2D eigenvalue weighted by Gasteiger charge is -2.33. The van der Waals surface area contributed by atoms with Gasteiger partial charge in [0.2, 0.25) is 5.89 Å². The van der Waals surface area contributed by atoms with Gasteiger partial charge in [-0.2, -0.15) is 5.26 Å². The van der Waals surface area contributed by atoms with Crippen molar-refractivity contribution in [2.75, 3.05) is 31.1 Å². The Balaban J connectivity index is 1.01. The number of anilines is 1. The number of nitriles is 1. The maximum Gasteiger partial charge on any atom is 0.251 e. The summed E-state index contributed by atoms with van der Waals surface area (Å²) in [6, 6.07) is 25.5. The van der Waals surface area contributed by atoms with Gasteiger partial charge in [-0.05, 0) is 85.2 Å². The zero-order valence-electron chi connectivity index (χ0n) is 27.5. The number of carbonyl (C=O) groups is 1. The molecule has 240 valence electrons. The fourth-order valence-corrected chi connectivity index (χ4v) is 5.96. The number of fused-ring (bicyclic) bond motifs is 1. The number of ether oxygens (including phenoxy) is 1. The predicted molar refractivity (Wildman–Crippen MR) is 186 cm³/mol. The fourth-order valence-electron chi connectivity index (χ4n) is 5.96. The number of carbonyl (C=O) groups excluding carboxylic acids is 1. The lowest BCUT2D eigenvalue weighted by atomic mass is 9.96. The molecule has 47 heavy (non-hydrogen) atoms. The van der Waals surface area contributed by atoms with E-state index in [0.29, 0.717) is 53.1 Å². The van der Waals surface area contributed by atoms with Crippen LogP contribution < -0.4 is 15.0 Å². The highest BCUT2D eigenvalue weighted by Gasteiger charge is 2.22. The molecule has 3 aromatic carbocycles. The second-order valence-corrected chi connectivity index (χ2v) is 13.0. The zero-order chi connectivity index (χ0) is 32.9. The van der Waals surface area contributed by atoms with Crippen molar-refractivity contribution in [1.29, 1.82) is 5.26 Å². The highest BCUT2D eigenvalue weighted by molar-refractivity contribution is 5.94. The zero-order valence-corrected chi connectivity index (χ0v) is 27.5. The van der Waals surface area contributed by atoms with Gasteiger partial charge in [-0.1, -0.05) is 45.9 Å². The Morgan fingerprint density at radius 3 is 2.45 bits per heavy atom. The number of piperidine rings is 1. The standard InChI is InChI=1S/C39H41N5O3/c1-25(2)24-46-35-8-6-5-7-32(35)31-13-14-36(41-23-31)44-17-15-27(16-18-44)22-42-38(45)29-9-11-30(12-10-29)39-43-34-20-28(21-40)19-33(26(3)4)37(34)47-39/h5-14,19-20,23,25-27H,15-18,22,24H2,1-4H3,(H,42,45). The van der Waals surface area contributed by atoms with Gasteiger partial charge >= 0.3 is 0 Å². The fraction of sp³-hybridized carbons (Fsp3) is 0.333. The van der Waals surface area contributed by atoms with Gasteiger partial charge in [-0.3, -0.25) is 4.79 Å². The second kappa shape index (κ2) is 14.1. The lowest BCUT2D eigenvalue weighted by molar-refractivity contribution is 0.0945. The Kier molecular flexibility index (Phi) is 9.53. The van der Waals surface area contributed by atoms with Crippen LogP contribution in [0, 0.1) is 23.2 Å². The average Bonchev–Trinajstić information content (AvgIpc) is 3.54. The second-order valence-electron chi connectivity index (χ2n) is 13.0. The normalized spacial score (nSPS) is 13.7. The number of hydrogen-bond acceptors (Lipinski definition) is 7. The van der Waals surface area contributed by atoms with E-state index >= 15 is 0 Å². The minimum absolute atomic E-state index is 0.0905. The number of nitrogens with zero attached hydrogens (tertiary/aromatic N) is 4. The van der Waals surface area contributed by atoms with E-state index in [0.717, 1.165) is 59.8 Å². The topological polar surface area (TPSA) is 104 Å². The molecule has 0 radical (unpaired) electrons. The van der Waals surface area contributed by atoms with Crippen molar-refractivity contribution >= 4 is 22.8 Å². The summed E-state index contributed by atoms with van der Waals surface area (Å²) in [5.74, 6) is 3.30. The summed E-state index contributed by atoms with van der Waals surface area (Å²) < 4.78 is 12.2. The number of rotatable bonds is 10. The number of hydrogen-bond donors (Lipinski definition) is 1. The van der Waals surface area contributed by atoms with Crippen molar-refractivity contribution in [1.82, 2.24) is 15.3 Å². The molecule has 1 saturated heterocycles. The molecule has 1 fully saturated rings. The summed E-state index contributed by atoms with van der Waals surface area (Å²) in [6.07, 6.45) is 3.90. The quantitative estimate of drug-likeness (QED) is 0.166. The number of nitrogens with one attached hydrogen (secondary N) is 1. The third-order valence-corrected chi connectivity index (χ3v) is 8.67. The molecule has 1 aliphatic heterocycles. The van der Waals surface area contributed by atoms with Crippen LogP contribution in [0.1, 0.15) is 67.9 Å². The van der Waals surface area contributed by atoms with Crippen LogP contribution in [0.3, 0.4) is 0 Å². The molecule has 0 atom stereocenters. The largest absolute Gasteiger partial charge is 0.493 e. The Morgan fingerprint density at radius 2 is 1.77 bits per heavy atom. The predicted octanol–water partition coefficient (Wildman–Crippen LogP) is 8.23. The van der Waals surface area contributed by atoms with Crippen LogP contribution in [0.5, 0.6) is 5.75 Å². The molecule has 0 unspecified atom stereocenters. The molecule has 1 aliphatic rings. The maximum absolute atomic E-state index is 13.0. The van der Waals surface area contributed by atoms with Crippen molar-refractivity contribution < 1.29 is 13.9 Å². The van der Waals surface area contributed by atoms with Gasteiger partial charge in [0, 0.05) is 53.6 Å². The summed E-state index contributed by atoms with van der Waals surface area (Å²) in [7, 11) is 0. The summed E-state index contributed by atoms with van der Waals surface area (Å²) >= 11 is 0.